The lowest BCUT2D eigenvalue weighted by molar-refractivity contribution is -0.00823. The van der Waals surface area contributed by atoms with Crippen LogP contribution in [0.15, 0.2) is 0 Å². The molecule has 1 heterocycles. The van der Waals surface area contributed by atoms with Gasteiger partial charge in [-0.15, -0.1) is 0 Å². The van der Waals surface area contributed by atoms with E-state index in [0.29, 0.717) is 5.41 Å². The highest BCUT2D eigenvalue weighted by atomic mass is 16.5. The molecular formula is C20H42O. The molecule has 0 spiro atoms. The van der Waals surface area contributed by atoms with E-state index in [2.05, 4.69) is 27.7 Å². The average molecular weight is 299 g/mol. The lowest BCUT2D eigenvalue weighted by Crippen LogP contribution is -2.35. The first-order valence-electron chi connectivity index (χ1n) is 9.57. The van der Waals surface area contributed by atoms with Crippen LogP contribution >= 0.6 is 0 Å². The molecule has 0 bridgehead atoms. The molecule has 128 valence electrons. The maximum Gasteiger partial charge on any atom is 0.0655 e. The molecule has 0 aromatic rings. The van der Waals surface area contributed by atoms with Gasteiger partial charge in [-0.25, -0.2) is 0 Å². The summed E-state index contributed by atoms with van der Waals surface area (Å²) in [6.45, 7) is 18.7. The first-order chi connectivity index (χ1) is 9.93. The summed E-state index contributed by atoms with van der Waals surface area (Å²) in [6.07, 6.45) is 9.45. The van der Waals surface area contributed by atoms with Crippen molar-refractivity contribution in [3.63, 3.8) is 0 Å². The summed E-state index contributed by atoms with van der Waals surface area (Å²) < 4.78 is 5.93. The smallest absolute Gasteiger partial charge is 0.0655 e. The number of hydrogen-bond acceptors (Lipinski definition) is 1. The molecule has 3 unspecified atom stereocenters. The predicted molar refractivity (Wildman–Crippen MR) is 95.8 cm³/mol. The van der Waals surface area contributed by atoms with Crippen LogP contribution in [0.3, 0.4) is 0 Å². The van der Waals surface area contributed by atoms with E-state index in [9.17, 15) is 0 Å². The van der Waals surface area contributed by atoms with Gasteiger partial charge in [-0.3, -0.25) is 0 Å². The van der Waals surface area contributed by atoms with E-state index in [1.54, 1.807) is 0 Å². The molecule has 2 aliphatic rings. The molecule has 3 atom stereocenters. The van der Waals surface area contributed by atoms with Crippen LogP contribution in [0.25, 0.3) is 0 Å². The van der Waals surface area contributed by atoms with Gasteiger partial charge in [0.25, 0.3) is 0 Å². The van der Waals surface area contributed by atoms with Crippen LogP contribution in [0.5, 0.6) is 0 Å². The summed E-state index contributed by atoms with van der Waals surface area (Å²) in [5, 5.41) is 0. The minimum absolute atomic E-state index is 0.202. The van der Waals surface area contributed by atoms with Crippen molar-refractivity contribution in [2.24, 2.45) is 17.3 Å². The first-order valence-corrected chi connectivity index (χ1v) is 9.57. The Morgan fingerprint density at radius 3 is 2.05 bits per heavy atom. The summed E-state index contributed by atoms with van der Waals surface area (Å²) in [7, 11) is 0. The maximum atomic E-state index is 5.93. The molecule has 0 radical (unpaired) electrons. The number of rotatable bonds is 3. The van der Waals surface area contributed by atoms with E-state index < -0.39 is 0 Å². The van der Waals surface area contributed by atoms with Crippen molar-refractivity contribution < 1.29 is 4.74 Å². The van der Waals surface area contributed by atoms with Crippen molar-refractivity contribution in [3.05, 3.63) is 0 Å². The molecule has 2 rings (SSSR count). The van der Waals surface area contributed by atoms with Gasteiger partial charge in [0.05, 0.1) is 5.60 Å². The summed E-state index contributed by atoms with van der Waals surface area (Å²) in [6, 6.07) is 0. The van der Waals surface area contributed by atoms with Crippen molar-refractivity contribution >= 4 is 0 Å². The Kier molecular flexibility index (Phi) is 9.85. The number of hydrogen-bond donors (Lipinski definition) is 0. The fourth-order valence-electron chi connectivity index (χ4n) is 4.21. The second kappa shape index (κ2) is 9.87. The Bertz CT molecular complexity index is 251. The highest BCUT2D eigenvalue weighted by Gasteiger charge is 2.38. The zero-order valence-corrected chi connectivity index (χ0v) is 16.2. The summed E-state index contributed by atoms with van der Waals surface area (Å²) in [5.41, 5.74) is 0.750. The van der Waals surface area contributed by atoms with Crippen LogP contribution in [0, 0.1) is 17.3 Å². The minimum atomic E-state index is 0.202. The van der Waals surface area contributed by atoms with Gasteiger partial charge >= 0.3 is 0 Å². The Labute approximate surface area is 135 Å². The average Bonchev–Trinajstić information content (AvgIpc) is 2.89. The van der Waals surface area contributed by atoms with Gasteiger partial charge in [0.2, 0.25) is 0 Å². The quantitative estimate of drug-likeness (QED) is 0.553. The second-order valence-corrected chi connectivity index (χ2v) is 7.41. The molecule has 0 aromatic heterocycles. The van der Waals surface area contributed by atoms with Gasteiger partial charge in [-0.1, -0.05) is 61.3 Å². The van der Waals surface area contributed by atoms with Gasteiger partial charge < -0.3 is 4.74 Å². The molecule has 0 N–H and O–H groups in total. The van der Waals surface area contributed by atoms with Gasteiger partial charge in [0.15, 0.2) is 0 Å². The van der Waals surface area contributed by atoms with Crippen molar-refractivity contribution in [1.82, 2.24) is 0 Å². The first kappa shape index (κ1) is 21.0. The highest BCUT2D eigenvalue weighted by Crippen LogP contribution is 2.47. The molecule has 1 saturated carbocycles. The highest BCUT2D eigenvalue weighted by molar-refractivity contribution is 4.89. The molecule has 0 aromatic carbocycles. The molecule has 1 heteroatoms. The lowest BCUT2D eigenvalue weighted by atomic mass is 9.62. The van der Waals surface area contributed by atoms with E-state index in [1.807, 2.05) is 27.7 Å². The summed E-state index contributed by atoms with van der Waals surface area (Å²) in [5.74, 6) is 1.81. The zero-order chi connectivity index (χ0) is 16.5. The van der Waals surface area contributed by atoms with Crippen molar-refractivity contribution in [2.45, 2.75) is 106 Å². The standard InChI is InChI=1S/C16H30O.2C2H6/c1-13-7-5-9-15(2,3)14(13)8-11-16(4)10-6-12-17-16;2*1-2/h13-14H,5-12H2,1-4H3;2*1-2H3. The number of ether oxygens (including phenoxy) is 1. The molecular weight excluding hydrogens is 256 g/mol. The van der Waals surface area contributed by atoms with Gasteiger partial charge in [-0.05, 0) is 56.3 Å². The Balaban J connectivity index is 0.000000921. The van der Waals surface area contributed by atoms with E-state index in [-0.39, 0.29) is 5.60 Å². The van der Waals surface area contributed by atoms with Gasteiger partial charge in [0, 0.05) is 6.61 Å². The summed E-state index contributed by atoms with van der Waals surface area (Å²) >= 11 is 0. The largest absolute Gasteiger partial charge is 0.375 e. The topological polar surface area (TPSA) is 9.23 Å². The Hall–Kier alpha value is -0.0400. The third-order valence-electron chi connectivity index (χ3n) is 5.46. The van der Waals surface area contributed by atoms with E-state index in [1.165, 1.54) is 44.9 Å². The monoisotopic (exact) mass is 298 g/mol. The zero-order valence-electron chi connectivity index (χ0n) is 16.2. The lowest BCUT2D eigenvalue weighted by Gasteiger charge is -2.44. The van der Waals surface area contributed by atoms with Gasteiger partial charge in [0.1, 0.15) is 0 Å². The second-order valence-electron chi connectivity index (χ2n) is 7.41. The molecule has 1 nitrogen and oxygen atoms in total. The minimum Gasteiger partial charge on any atom is -0.375 e. The molecule has 21 heavy (non-hydrogen) atoms. The predicted octanol–water partition coefficient (Wildman–Crippen LogP) is 6.85. The third kappa shape index (κ3) is 6.30. The third-order valence-corrected chi connectivity index (χ3v) is 5.46. The van der Waals surface area contributed by atoms with Crippen LogP contribution in [0.1, 0.15) is 100 Å². The van der Waals surface area contributed by atoms with E-state index in [0.717, 1.165) is 18.4 Å². The van der Waals surface area contributed by atoms with Crippen molar-refractivity contribution in [3.8, 4) is 0 Å². The fraction of sp³-hybridized carbons (Fsp3) is 1.00. The van der Waals surface area contributed by atoms with E-state index in [4.69, 9.17) is 4.74 Å². The fourth-order valence-corrected chi connectivity index (χ4v) is 4.21. The van der Waals surface area contributed by atoms with Crippen LogP contribution in [-0.4, -0.2) is 12.2 Å². The maximum absolute atomic E-state index is 5.93. The Morgan fingerprint density at radius 2 is 1.57 bits per heavy atom. The van der Waals surface area contributed by atoms with Crippen molar-refractivity contribution in [2.75, 3.05) is 6.61 Å². The molecule has 1 saturated heterocycles. The van der Waals surface area contributed by atoms with Crippen molar-refractivity contribution in [1.29, 1.82) is 0 Å². The normalized spacial score (nSPS) is 34.3. The van der Waals surface area contributed by atoms with Crippen LogP contribution in [-0.2, 0) is 4.74 Å². The summed E-state index contributed by atoms with van der Waals surface area (Å²) in [4.78, 5) is 0. The SMILES string of the molecule is CC.CC.CC1CCCC(C)(C)C1CCC1(C)CCCO1. The molecule has 1 aliphatic heterocycles. The van der Waals surface area contributed by atoms with Crippen LogP contribution in [0.2, 0.25) is 0 Å². The molecule has 0 amide bonds. The van der Waals surface area contributed by atoms with Crippen LogP contribution in [0.4, 0.5) is 0 Å². The van der Waals surface area contributed by atoms with E-state index >= 15 is 0 Å². The Morgan fingerprint density at radius 1 is 0.952 bits per heavy atom. The molecule has 2 fully saturated rings. The van der Waals surface area contributed by atoms with Gasteiger partial charge in [-0.2, -0.15) is 0 Å². The van der Waals surface area contributed by atoms with Crippen LogP contribution < -0.4 is 0 Å². The molecule has 1 aliphatic carbocycles.